The number of halogens is 1. The van der Waals surface area contributed by atoms with E-state index in [2.05, 4.69) is 11.4 Å². The molecule has 4 rings (SSSR count). The third kappa shape index (κ3) is 3.76. The van der Waals surface area contributed by atoms with Crippen LogP contribution in [0, 0.1) is 5.82 Å². The first-order valence-corrected chi connectivity index (χ1v) is 9.76. The van der Waals surface area contributed by atoms with E-state index in [-0.39, 0.29) is 17.8 Å². The molecule has 1 fully saturated rings. The van der Waals surface area contributed by atoms with E-state index in [0.717, 1.165) is 36.3 Å². The third-order valence-electron chi connectivity index (χ3n) is 4.84. The van der Waals surface area contributed by atoms with Crippen LogP contribution >= 0.6 is 11.3 Å². The smallest absolute Gasteiger partial charge is 0.279 e. The number of fused-ring (bicyclic) bond motifs is 1. The van der Waals surface area contributed by atoms with Crippen LogP contribution in [-0.2, 0) is 4.79 Å². The average Bonchev–Trinajstić information content (AvgIpc) is 3.06. The number of para-hydroxylation sites is 1. The molecule has 1 aromatic heterocycles. The molecule has 2 atom stereocenters. The molecule has 26 heavy (non-hydrogen) atoms. The van der Waals surface area contributed by atoms with Gasteiger partial charge >= 0.3 is 0 Å². The first-order valence-electron chi connectivity index (χ1n) is 8.94. The van der Waals surface area contributed by atoms with Crippen molar-refractivity contribution in [3.8, 4) is 0 Å². The molecule has 4 nitrogen and oxygen atoms in total. The van der Waals surface area contributed by atoms with Crippen molar-refractivity contribution in [3.63, 3.8) is 0 Å². The number of nitrogens with zero attached hydrogens (tertiary/aromatic N) is 1. The van der Waals surface area contributed by atoms with E-state index in [1.165, 1.54) is 21.7 Å². The van der Waals surface area contributed by atoms with Gasteiger partial charge in [-0.15, -0.1) is 11.3 Å². The van der Waals surface area contributed by atoms with Gasteiger partial charge in [0.2, 0.25) is 0 Å². The predicted molar refractivity (Wildman–Crippen MR) is 102 cm³/mol. The summed E-state index contributed by atoms with van der Waals surface area (Å²) in [6, 6.07) is 14.4. The maximum atomic E-state index is 13.3. The molecule has 0 aliphatic carbocycles. The van der Waals surface area contributed by atoms with Crippen molar-refractivity contribution in [1.82, 2.24) is 4.98 Å². The maximum absolute atomic E-state index is 13.3. The number of nitrogens with one attached hydrogen (secondary N) is 2. The molecule has 2 N–H and O–H groups in total. The number of hydrogen-bond donors (Lipinski definition) is 2. The van der Waals surface area contributed by atoms with Crippen molar-refractivity contribution in [2.24, 2.45) is 0 Å². The number of benzene rings is 2. The second kappa shape index (κ2) is 7.51. The van der Waals surface area contributed by atoms with E-state index in [4.69, 9.17) is 4.98 Å². The fraction of sp³-hybridized carbons (Fsp3) is 0.300. The van der Waals surface area contributed by atoms with Crippen molar-refractivity contribution in [2.75, 3.05) is 18.4 Å². The summed E-state index contributed by atoms with van der Waals surface area (Å²) in [5.41, 5.74) is 1.53. The monoisotopic (exact) mass is 370 g/mol. The third-order valence-corrected chi connectivity index (χ3v) is 5.99. The Morgan fingerprint density at radius 1 is 1.23 bits per heavy atom. The molecule has 0 radical (unpaired) electrons. The lowest BCUT2D eigenvalue weighted by atomic mass is 10.0. The molecule has 0 bridgehead atoms. The summed E-state index contributed by atoms with van der Waals surface area (Å²) in [7, 11) is 0. The number of aromatic nitrogens is 1. The SMILES string of the molecule is O=C(C[NH+]1CCCC[C@H]1c1nc2ccccc2s1)Nc1cccc(F)c1. The highest BCUT2D eigenvalue weighted by Gasteiger charge is 2.31. The summed E-state index contributed by atoms with van der Waals surface area (Å²) in [5.74, 6) is -0.431. The Morgan fingerprint density at radius 2 is 2.12 bits per heavy atom. The van der Waals surface area contributed by atoms with E-state index < -0.39 is 0 Å². The number of anilines is 1. The van der Waals surface area contributed by atoms with Crippen molar-refractivity contribution in [1.29, 1.82) is 0 Å². The van der Waals surface area contributed by atoms with Crippen molar-refractivity contribution < 1.29 is 14.1 Å². The van der Waals surface area contributed by atoms with Gasteiger partial charge in [0.25, 0.3) is 5.91 Å². The minimum absolute atomic E-state index is 0.0846. The fourth-order valence-electron chi connectivity index (χ4n) is 3.61. The Labute approximate surface area is 155 Å². The van der Waals surface area contributed by atoms with Gasteiger partial charge in [-0.25, -0.2) is 9.37 Å². The van der Waals surface area contributed by atoms with Crippen LogP contribution in [0.15, 0.2) is 48.5 Å². The minimum atomic E-state index is -0.347. The van der Waals surface area contributed by atoms with E-state index in [0.29, 0.717) is 12.2 Å². The Bertz CT molecular complexity index is 893. The second-order valence-electron chi connectivity index (χ2n) is 6.71. The topological polar surface area (TPSA) is 46.4 Å². The molecule has 134 valence electrons. The molecule has 1 aliphatic rings. The molecular weight excluding hydrogens is 349 g/mol. The largest absolute Gasteiger partial charge is 0.321 e. The Balaban J connectivity index is 1.49. The lowest BCUT2D eigenvalue weighted by molar-refractivity contribution is -0.929. The number of hydrogen-bond acceptors (Lipinski definition) is 3. The molecule has 1 unspecified atom stereocenters. The molecule has 1 saturated heterocycles. The van der Waals surface area contributed by atoms with Crippen LogP contribution in [0.25, 0.3) is 10.2 Å². The zero-order valence-electron chi connectivity index (χ0n) is 14.4. The quantitative estimate of drug-likeness (QED) is 0.741. The highest BCUT2D eigenvalue weighted by Crippen LogP contribution is 2.28. The summed E-state index contributed by atoms with van der Waals surface area (Å²) >= 11 is 1.73. The number of piperidine rings is 1. The van der Waals surface area contributed by atoms with Crippen LogP contribution in [0.2, 0.25) is 0 Å². The van der Waals surface area contributed by atoms with Gasteiger partial charge < -0.3 is 10.2 Å². The minimum Gasteiger partial charge on any atom is -0.321 e. The molecule has 2 heterocycles. The van der Waals surface area contributed by atoms with E-state index in [1.807, 2.05) is 18.2 Å². The lowest BCUT2D eigenvalue weighted by Crippen LogP contribution is -3.14. The molecule has 6 heteroatoms. The van der Waals surface area contributed by atoms with Crippen LogP contribution in [0.5, 0.6) is 0 Å². The lowest BCUT2D eigenvalue weighted by Gasteiger charge is -2.30. The van der Waals surface area contributed by atoms with Gasteiger partial charge in [-0.1, -0.05) is 18.2 Å². The van der Waals surface area contributed by atoms with Crippen LogP contribution in [0.3, 0.4) is 0 Å². The van der Waals surface area contributed by atoms with Gasteiger partial charge in [0.15, 0.2) is 11.6 Å². The molecule has 0 saturated carbocycles. The highest BCUT2D eigenvalue weighted by atomic mass is 32.1. The number of amides is 1. The number of carbonyl (C=O) groups is 1. The van der Waals surface area contributed by atoms with Crippen LogP contribution < -0.4 is 10.2 Å². The molecule has 3 aromatic rings. The summed E-state index contributed by atoms with van der Waals surface area (Å²) < 4.78 is 14.5. The normalized spacial score (nSPS) is 20.2. The number of likely N-dealkylation sites (tertiary alicyclic amines) is 1. The zero-order chi connectivity index (χ0) is 17.9. The highest BCUT2D eigenvalue weighted by molar-refractivity contribution is 7.18. The Morgan fingerprint density at radius 3 is 2.96 bits per heavy atom. The van der Waals surface area contributed by atoms with Gasteiger partial charge in [-0.05, 0) is 43.2 Å². The molecule has 1 aliphatic heterocycles. The van der Waals surface area contributed by atoms with Crippen molar-refractivity contribution >= 4 is 33.1 Å². The number of rotatable bonds is 4. The average molecular weight is 370 g/mol. The molecule has 0 spiro atoms. The van der Waals surface area contributed by atoms with Gasteiger partial charge in [0, 0.05) is 12.1 Å². The van der Waals surface area contributed by atoms with Gasteiger partial charge in [0.1, 0.15) is 11.9 Å². The van der Waals surface area contributed by atoms with Crippen LogP contribution in [0.1, 0.15) is 30.3 Å². The van der Waals surface area contributed by atoms with E-state index in [1.54, 1.807) is 23.5 Å². The predicted octanol–water partition coefficient (Wildman–Crippen LogP) is 3.18. The van der Waals surface area contributed by atoms with Gasteiger partial charge in [0.05, 0.1) is 16.8 Å². The summed E-state index contributed by atoms with van der Waals surface area (Å²) in [4.78, 5) is 18.5. The number of carbonyl (C=O) groups excluding carboxylic acids is 1. The van der Waals surface area contributed by atoms with Gasteiger partial charge in [-0.2, -0.15) is 0 Å². The summed E-state index contributed by atoms with van der Waals surface area (Å²) in [6.45, 7) is 1.33. The van der Waals surface area contributed by atoms with Crippen LogP contribution in [0.4, 0.5) is 10.1 Å². The van der Waals surface area contributed by atoms with Gasteiger partial charge in [-0.3, -0.25) is 4.79 Å². The Hall–Kier alpha value is -2.31. The Kier molecular flexibility index (Phi) is 4.95. The number of quaternary nitrogens is 1. The maximum Gasteiger partial charge on any atom is 0.279 e. The second-order valence-corrected chi connectivity index (χ2v) is 7.77. The van der Waals surface area contributed by atoms with Crippen molar-refractivity contribution in [2.45, 2.75) is 25.3 Å². The standard InChI is InChI=1S/C20H20FN3OS/c21-14-6-5-7-15(12-14)22-19(25)13-24-11-4-3-9-17(24)20-23-16-8-1-2-10-18(16)26-20/h1-2,5-8,10,12,17H,3-4,9,11,13H2,(H,22,25)/p+1/t17-/m0/s1. The summed E-state index contributed by atoms with van der Waals surface area (Å²) in [5, 5.41) is 3.92. The number of thiazole rings is 1. The molecule has 1 amide bonds. The molecular formula is C20H21FN3OS+. The first-order chi connectivity index (χ1) is 12.7. The van der Waals surface area contributed by atoms with E-state index >= 15 is 0 Å². The first kappa shape index (κ1) is 17.1. The zero-order valence-corrected chi connectivity index (χ0v) is 15.2. The summed E-state index contributed by atoms with van der Waals surface area (Å²) in [6.07, 6.45) is 3.32. The van der Waals surface area contributed by atoms with Crippen LogP contribution in [-0.4, -0.2) is 24.0 Å². The fourth-order valence-corrected chi connectivity index (χ4v) is 4.77. The van der Waals surface area contributed by atoms with E-state index in [9.17, 15) is 9.18 Å². The molecule has 2 aromatic carbocycles. The van der Waals surface area contributed by atoms with Crippen molar-refractivity contribution in [3.05, 3.63) is 59.4 Å².